The molecule has 0 aliphatic carbocycles. The maximum absolute atomic E-state index is 13.1. The first-order chi connectivity index (χ1) is 9.94. The molecule has 1 unspecified atom stereocenters. The third-order valence-corrected chi connectivity index (χ3v) is 4.98. The average Bonchev–Trinajstić information content (AvgIpc) is 2.96. The van der Waals surface area contributed by atoms with Gasteiger partial charge in [0, 0.05) is 13.7 Å². The third-order valence-electron chi connectivity index (χ3n) is 2.86. The highest BCUT2D eigenvalue weighted by molar-refractivity contribution is 7.89. The Hall–Kier alpha value is -1.35. The second-order valence-electron chi connectivity index (χ2n) is 4.21. The second-order valence-corrected chi connectivity index (χ2v) is 6.76. The summed E-state index contributed by atoms with van der Waals surface area (Å²) in [6.45, 7) is -0.00539. The Morgan fingerprint density at radius 1 is 1.29 bits per heavy atom. The molecule has 8 heteroatoms. The molecule has 0 aliphatic rings. The van der Waals surface area contributed by atoms with E-state index in [4.69, 9.17) is 4.74 Å². The standard InChI is InChI=1S/C13H13F2NO3S2/c1-19-13(9-4-5-20-8-9)7-16-21(17,18)10-2-3-11(14)12(15)6-10/h2-6,8,13,16H,7H2,1H3. The number of hydrogen-bond donors (Lipinski definition) is 1. The largest absolute Gasteiger partial charge is 0.375 e. The SMILES string of the molecule is COC(CNS(=O)(=O)c1ccc(F)c(F)c1)c1ccsc1. The first kappa shape index (κ1) is 16.0. The van der Waals surface area contributed by atoms with Crippen LogP contribution in [0.25, 0.3) is 0 Å². The highest BCUT2D eigenvalue weighted by Crippen LogP contribution is 2.20. The lowest BCUT2D eigenvalue weighted by atomic mass is 10.2. The molecule has 0 amide bonds. The van der Waals surface area contributed by atoms with Crippen LogP contribution >= 0.6 is 11.3 Å². The van der Waals surface area contributed by atoms with Crippen molar-refractivity contribution in [2.45, 2.75) is 11.0 Å². The molecule has 0 aliphatic heterocycles. The molecule has 0 fully saturated rings. The van der Waals surface area contributed by atoms with Crippen molar-refractivity contribution in [3.8, 4) is 0 Å². The number of sulfonamides is 1. The Bertz CT molecular complexity index is 702. The van der Waals surface area contributed by atoms with Crippen molar-refractivity contribution >= 4 is 21.4 Å². The predicted molar refractivity (Wildman–Crippen MR) is 75.6 cm³/mol. The summed E-state index contributed by atoms with van der Waals surface area (Å²) in [5.41, 5.74) is 0.843. The van der Waals surface area contributed by atoms with Crippen molar-refractivity contribution < 1.29 is 21.9 Å². The van der Waals surface area contributed by atoms with E-state index in [-0.39, 0.29) is 11.4 Å². The fraction of sp³-hybridized carbons (Fsp3) is 0.231. The topological polar surface area (TPSA) is 55.4 Å². The van der Waals surface area contributed by atoms with Crippen LogP contribution in [0.15, 0.2) is 39.9 Å². The maximum atomic E-state index is 13.1. The zero-order valence-corrected chi connectivity index (χ0v) is 12.7. The number of rotatable bonds is 6. The fourth-order valence-electron chi connectivity index (χ4n) is 1.71. The van der Waals surface area contributed by atoms with E-state index < -0.39 is 27.8 Å². The smallest absolute Gasteiger partial charge is 0.240 e. The molecule has 1 atom stereocenters. The van der Waals surface area contributed by atoms with Gasteiger partial charge in [0.2, 0.25) is 10.0 Å². The lowest BCUT2D eigenvalue weighted by molar-refractivity contribution is 0.107. The molecule has 1 heterocycles. The van der Waals surface area contributed by atoms with Crippen LogP contribution < -0.4 is 4.72 Å². The molecule has 21 heavy (non-hydrogen) atoms. The van der Waals surface area contributed by atoms with Gasteiger partial charge in [-0.3, -0.25) is 0 Å². The minimum Gasteiger partial charge on any atom is -0.375 e. The van der Waals surface area contributed by atoms with Crippen LogP contribution in [0.3, 0.4) is 0 Å². The average molecular weight is 333 g/mol. The van der Waals surface area contributed by atoms with E-state index in [9.17, 15) is 17.2 Å². The van der Waals surface area contributed by atoms with E-state index in [0.29, 0.717) is 6.07 Å². The quantitative estimate of drug-likeness (QED) is 0.884. The molecule has 114 valence electrons. The van der Waals surface area contributed by atoms with Crippen LogP contribution in [0.2, 0.25) is 0 Å². The molecule has 1 aromatic carbocycles. The van der Waals surface area contributed by atoms with Gasteiger partial charge in [0.25, 0.3) is 0 Å². The van der Waals surface area contributed by atoms with E-state index in [0.717, 1.165) is 17.7 Å². The summed E-state index contributed by atoms with van der Waals surface area (Å²) in [4.78, 5) is -0.332. The molecule has 4 nitrogen and oxygen atoms in total. The van der Waals surface area contributed by atoms with E-state index in [1.165, 1.54) is 18.4 Å². The van der Waals surface area contributed by atoms with E-state index >= 15 is 0 Å². The van der Waals surface area contributed by atoms with Crippen molar-refractivity contribution in [1.29, 1.82) is 0 Å². The number of benzene rings is 1. The van der Waals surface area contributed by atoms with Crippen molar-refractivity contribution in [2.24, 2.45) is 0 Å². The number of ether oxygens (including phenoxy) is 1. The molecule has 1 N–H and O–H groups in total. The fourth-order valence-corrected chi connectivity index (χ4v) is 3.45. The first-order valence-corrected chi connectivity index (χ1v) is 8.36. The number of methoxy groups -OCH3 is 1. The summed E-state index contributed by atoms with van der Waals surface area (Å²) in [6.07, 6.45) is -0.448. The van der Waals surface area contributed by atoms with E-state index in [1.54, 1.807) is 0 Å². The van der Waals surface area contributed by atoms with Gasteiger partial charge < -0.3 is 4.74 Å². The second kappa shape index (κ2) is 6.61. The lowest BCUT2D eigenvalue weighted by Gasteiger charge is -2.15. The minimum absolute atomic E-state index is 0.00539. The Morgan fingerprint density at radius 2 is 2.05 bits per heavy atom. The van der Waals surface area contributed by atoms with Crippen molar-refractivity contribution in [2.75, 3.05) is 13.7 Å². The molecule has 0 bridgehead atoms. The van der Waals surface area contributed by atoms with Crippen molar-refractivity contribution in [3.63, 3.8) is 0 Å². The molecule has 0 saturated carbocycles. The van der Waals surface area contributed by atoms with Crippen LogP contribution in [-0.4, -0.2) is 22.1 Å². The monoisotopic (exact) mass is 333 g/mol. The van der Waals surface area contributed by atoms with Gasteiger partial charge in [-0.05, 0) is 40.6 Å². The summed E-state index contributed by atoms with van der Waals surface area (Å²) < 4.78 is 57.5. The Kier molecular flexibility index (Phi) is 5.04. The summed E-state index contributed by atoms with van der Waals surface area (Å²) >= 11 is 1.47. The van der Waals surface area contributed by atoms with Crippen molar-refractivity contribution in [3.05, 3.63) is 52.2 Å². The first-order valence-electron chi connectivity index (χ1n) is 5.93. The van der Waals surface area contributed by atoms with E-state index in [1.807, 2.05) is 16.8 Å². The molecule has 2 aromatic rings. The van der Waals surface area contributed by atoms with Gasteiger partial charge in [-0.25, -0.2) is 21.9 Å². The lowest BCUT2D eigenvalue weighted by Crippen LogP contribution is -2.29. The summed E-state index contributed by atoms with van der Waals surface area (Å²) in [5, 5.41) is 3.70. The number of hydrogen-bond acceptors (Lipinski definition) is 4. The highest BCUT2D eigenvalue weighted by Gasteiger charge is 2.19. The van der Waals surface area contributed by atoms with Crippen LogP contribution in [-0.2, 0) is 14.8 Å². The van der Waals surface area contributed by atoms with Gasteiger partial charge in [0.1, 0.15) is 0 Å². The third kappa shape index (κ3) is 3.85. The molecule has 1 aromatic heterocycles. The number of halogens is 2. The van der Waals surface area contributed by atoms with Crippen LogP contribution in [0.1, 0.15) is 11.7 Å². The molecule has 0 saturated heterocycles. The number of nitrogens with one attached hydrogen (secondary N) is 1. The van der Waals surface area contributed by atoms with Crippen molar-refractivity contribution in [1.82, 2.24) is 4.72 Å². The van der Waals surface area contributed by atoms with E-state index in [2.05, 4.69) is 4.72 Å². The van der Waals surface area contributed by atoms with Crippen LogP contribution in [0.4, 0.5) is 8.78 Å². The molecule has 0 radical (unpaired) electrons. The molecular formula is C13H13F2NO3S2. The zero-order chi connectivity index (χ0) is 15.5. The maximum Gasteiger partial charge on any atom is 0.240 e. The van der Waals surface area contributed by atoms with Crippen LogP contribution in [0.5, 0.6) is 0 Å². The van der Waals surface area contributed by atoms with Gasteiger partial charge in [-0.15, -0.1) is 0 Å². The Morgan fingerprint density at radius 3 is 2.62 bits per heavy atom. The summed E-state index contributed by atoms with van der Waals surface area (Å²) in [7, 11) is -2.46. The highest BCUT2D eigenvalue weighted by atomic mass is 32.2. The van der Waals surface area contributed by atoms with Crippen LogP contribution in [0, 0.1) is 11.6 Å². The van der Waals surface area contributed by atoms with Gasteiger partial charge in [-0.2, -0.15) is 11.3 Å². The predicted octanol–water partition coefficient (Wildman–Crippen LogP) is 2.69. The summed E-state index contributed by atoms with van der Waals surface area (Å²) in [5.74, 6) is -2.30. The normalized spacial score (nSPS) is 13.3. The molecular weight excluding hydrogens is 320 g/mol. The minimum atomic E-state index is -3.93. The van der Waals surface area contributed by atoms with Gasteiger partial charge in [0.05, 0.1) is 11.0 Å². The van der Waals surface area contributed by atoms with Gasteiger partial charge in [0.15, 0.2) is 11.6 Å². The molecule has 2 rings (SSSR count). The van der Waals surface area contributed by atoms with Gasteiger partial charge >= 0.3 is 0 Å². The molecule has 0 spiro atoms. The summed E-state index contributed by atoms with van der Waals surface area (Å²) in [6, 6.07) is 4.25. The number of thiophene rings is 1. The van der Waals surface area contributed by atoms with Gasteiger partial charge in [-0.1, -0.05) is 0 Å². The Labute approximate surface area is 125 Å². The Balaban J connectivity index is 2.12. The zero-order valence-electron chi connectivity index (χ0n) is 11.0.